The second kappa shape index (κ2) is 11.0. The summed E-state index contributed by atoms with van der Waals surface area (Å²) in [5.41, 5.74) is 7.38. The number of alkyl halides is 3. The Labute approximate surface area is 208 Å². The number of rotatable bonds is 8. The number of hydrogen-bond donors (Lipinski definition) is 2. The summed E-state index contributed by atoms with van der Waals surface area (Å²) in [6.45, 7) is 1.61. The van der Waals surface area contributed by atoms with E-state index < -0.39 is 11.7 Å². The van der Waals surface area contributed by atoms with Gasteiger partial charge in [-0.2, -0.15) is 18.7 Å². The van der Waals surface area contributed by atoms with Crippen LogP contribution in [-0.2, 0) is 12.8 Å². The van der Waals surface area contributed by atoms with Gasteiger partial charge in [-0.1, -0.05) is 16.8 Å². The number of anilines is 2. The van der Waals surface area contributed by atoms with E-state index in [0.717, 1.165) is 41.5 Å². The molecule has 0 amide bonds. The van der Waals surface area contributed by atoms with Crippen LogP contribution in [0.1, 0.15) is 35.0 Å². The van der Waals surface area contributed by atoms with Crippen LogP contribution < -0.4 is 15.0 Å². The molecule has 8 nitrogen and oxygen atoms in total. The molecule has 0 radical (unpaired) electrons. The highest BCUT2D eigenvalue weighted by Crippen LogP contribution is 2.36. The number of piperidine rings is 1. The number of ether oxygens (including phenoxy) is 1. The average molecular weight is 524 g/mol. The zero-order valence-electron chi connectivity index (χ0n) is 18.3. The van der Waals surface area contributed by atoms with Crippen LogP contribution in [0.5, 0.6) is 5.75 Å². The molecule has 13 heteroatoms. The molecule has 1 aliphatic rings. The average Bonchev–Trinajstić information content (AvgIpc) is 3.32. The smallest absolute Gasteiger partial charge is 0.417 e. The van der Waals surface area contributed by atoms with Crippen LogP contribution >= 0.6 is 22.9 Å². The van der Waals surface area contributed by atoms with E-state index in [1.807, 2.05) is 34.5 Å². The van der Waals surface area contributed by atoms with Gasteiger partial charge in [0.05, 0.1) is 21.3 Å². The number of pyridine rings is 1. The number of nitrogens with one attached hydrogen (secondary N) is 2. The molecule has 35 heavy (non-hydrogen) atoms. The summed E-state index contributed by atoms with van der Waals surface area (Å²) in [5, 5.41) is 12.2. The molecule has 0 aliphatic carbocycles. The van der Waals surface area contributed by atoms with Crippen molar-refractivity contribution in [1.29, 1.82) is 5.53 Å². The third kappa shape index (κ3) is 6.45. The summed E-state index contributed by atoms with van der Waals surface area (Å²) >= 11 is 7.68. The Morgan fingerprint density at radius 3 is 2.66 bits per heavy atom. The van der Waals surface area contributed by atoms with Crippen LogP contribution in [0.25, 0.3) is 0 Å². The first-order valence-electron chi connectivity index (χ1n) is 10.6. The van der Waals surface area contributed by atoms with E-state index in [4.69, 9.17) is 26.9 Å². The molecule has 184 valence electrons. The molecule has 1 aliphatic heterocycles. The van der Waals surface area contributed by atoms with Crippen molar-refractivity contribution >= 4 is 40.8 Å². The minimum absolute atomic E-state index is 0.00674. The Kier molecular flexibility index (Phi) is 7.81. The zero-order valence-corrected chi connectivity index (χ0v) is 19.9. The summed E-state index contributed by atoms with van der Waals surface area (Å²) in [6.07, 6.45) is -0.715. The Hall–Kier alpha value is -3.25. The van der Waals surface area contributed by atoms with Crippen molar-refractivity contribution in [2.75, 3.05) is 23.3 Å². The van der Waals surface area contributed by atoms with Crippen LogP contribution in [0.15, 0.2) is 52.2 Å². The van der Waals surface area contributed by atoms with Crippen molar-refractivity contribution in [3.05, 3.63) is 63.2 Å². The molecular weight excluding hydrogens is 503 g/mol. The molecule has 0 atom stereocenters. The summed E-state index contributed by atoms with van der Waals surface area (Å²) in [7, 11) is 0. The van der Waals surface area contributed by atoms with Crippen molar-refractivity contribution < 1.29 is 17.9 Å². The number of benzene rings is 1. The first-order valence-corrected chi connectivity index (χ1v) is 11.9. The monoisotopic (exact) mass is 523 g/mol. The first kappa shape index (κ1) is 24.9. The summed E-state index contributed by atoms with van der Waals surface area (Å²) in [6, 6.07) is 8.21. The third-order valence-electron chi connectivity index (χ3n) is 5.45. The minimum atomic E-state index is -4.47. The molecular formula is C22H21ClF3N7OS. The van der Waals surface area contributed by atoms with Gasteiger partial charge in [-0.25, -0.2) is 9.97 Å². The van der Waals surface area contributed by atoms with E-state index in [0.29, 0.717) is 31.3 Å². The Balaban J connectivity index is 1.28. The van der Waals surface area contributed by atoms with Gasteiger partial charge in [-0.15, -0.1) is 16.4 Å². The molecule has 3 heterocycles. The molecule has 1 saturated heterocycles. The number of aromatic nitrogens is 2. The van der Waals surface area contributed by atoms with E-state index in [1.165, 1.54) is 6.34 Å². The van der Waals surface area contributed by atoms with E-state index >= 15 is 0 Å². The quantitative estimate of drug-likeness (QED) is 0.151. The van der Waals surface area contributed by atoms with Crippen molar-refractivity contribution in [2.24, 2.45) is 10.3 Å². The lowest BCUT2D eigenvalue weighted by Gasteiger charge is -2.32. The minimum Gasteiger partial charge on any atom is -0.487 e. The maximum Gasteiger partial charge on any atom is 0.417 e. The van der Waals surface area contributed by atoms with Crippen LogP contribution in [0.4, 0.5) is 24.7 Å². The van der Waals surface area contributed by atoms with Crippen molar-refractivity contribution in [2.45, 2.75) is 31.5 Å². The molecule has 2 N–H and O–H groups in total. The molecule has 1 aromatic carbocycles. The standard InChI is InChI=1S/C22H21ClF3N7OS/c23-19-9-15(22(24,25)26)10-28-20(19)33-7-5-14(6-8-33)21-31-17(12-35-21)11-34-18-3-1-16(2-4-18)29-13-30-32-27/h1-4,9-10,12-14H,5-8,11H2,(H2,27,29,30). The third-order valence-corrected chi connectivity index (χ3v) is 6.78. The van der Waals surface area contributed by atoms with Crippen LogP contribution in [0.3, 0.4) is 0 Å². The summed E-state index contributed by atoms with van der Waals surface area (Å²) < 4.78 is 44.4. The van der Waals surface area contributed by atoms with E-state index in [-0.39, 0.29) is 10.9 Å². The molecule has 3 aromatic rings. The fourth-order valence-corrected chi connectivity index (χ4v) is 4.93. The number of nitrogens with zero attached hydrogens (tertiary/aromatic N) is 5. The Morgan fingerprint density at radius 1 is 1.26 bits per heavy atom. The predicted octanol–water partition coefficient (Wildman–Crippen LogP) is 6.56. The second-order valence-corrected chi connectivity index (χ2v) is 9.06. The van der Waals surface area contributed by atoms with Crippen molar-refractivity contribution in [3.8, 4) is 5.75 Å². The van der Waals surface area contributed by atoms with Gasteiger partial charge in [-0.05, 0) is 43.2 Å². The SMILES string of the molecule is N=N/N=C\Nc1ccc(OCc2csc(C3CCN(c4ncc(C(F)(F)F)cc4Cl)CC3)n2)cc1. The molecule has 0 saturated carbocycles. The maximum atomic E-state index is 12.9. The van der Waals surface area contributed by atoms with Crippen LogP contribution in [0, 0.1) is 5.53 Å². The van der Waals surface area contributed by atoms with Gasteiger partial charge >= 0.3 is 6.18 Å². The lowest BCUT2D eigenvalue weighted by atomic mass is 9.97. The normalized spacial score (nSPS) is 14.9. The topological polar surface area (TPSA) is 98.8 Å². The molecule has 0 unspecified atom stereocenters. The highest BCUT2D eigenvalue weighted by molar-refractivity contribution is 7.09. The molecule has 0 bridgehead atoms. The number of thiazole rings is 1. The number of hydrogen-bond acceptors (Lipinski definition) is 7. The maximum absolute atomic E-state index is 12.9. The highest BCUT2D eigenvalue weighted by atomic mass is 35.5. The van der Waals surface area contributed by atoms with Gasteiger partial charge in [0.25, 0.3) is 0 Å². The molecule has 1 fully saturated rings. The van der Waals surface area contributed by atoms with E-state index in [9.17, 15) is 13.2 Å². The van der Waals surface area contributed by atoms with Gasteiger partial charge in [0, 0.05) is 36.3 Å². The first-order chi connectivity index (χ1) is 16.8. The van der Waals surface area contributed by atoms with Crippen molar-refractivity contribution in [1.82, 2.24) is 9.97 Å². The summed E-state index contributed by atoms with van der Waals surface area (Å²) in [5.74, 6) is 1.34. The fraction of sp³-hybridized carbons (Fsp3) is 0.318. The molecule has 4 rings (SSSR count). The highest BCUT2D eigenvalue weighted by Gasteiger charge is 2.32. The molecule has 0 spiro atoms. The van der Waals surface area contributed by atoms with E-state index in [2.05, 4.69) is 20.6 Å². The van der Waals surface area contributed by atoms with Gasteiger partial charge in [0.1, 0.15) is 24.5 Å². The van der Waals surface area contributed by atoms with E-state index in [1.54, 1.807) is 11.3 Å². The van der Waals surface area contributed by atoms with Crippen LogP contribution in [-0.4, -0.2) is 29.4 Å². The largest absolute Gasteiger partial charge is 0.487 e. The second-order valence-electron chi connectivity index (χ2n) is 7.77. The van der Waals surface area contributed by atoms with Gasteiger partial charge in [-0.3, -0.25) is 0 Å². The zero-order chi connectivity index (χ0) is 24.8. The lowest BCUT2D eigenvalue weighted by molar-refractivity contribution is -0.137. The van der Waals surface area contributed by atoms with Gasteiger partial charge in [0.15, 0.2) is 0 Å². The summed E-state index contributed by atoms with van der Waals surface area (Å²) in [4.78, 5) is 10.6. The lowest BCUT2D eigenvalue weighted by Crippen LogP contribution is -2.33. The van der Waals surface area contributed by atoms with Gasteiger partial charge < -0.3 is 15.0 Å². The number of halogens is 4. The Bertz CT molecular complexity index is 1180. The predicted molar refractivity (Wildman–Crippen MR) is 129 cm³/mol. The fourth-order valence-electron chi connectivity index (χ4n) is 3.67. The van der Waals surface area contributed by atoms with Gasteiger partial charge in [0.2, 0.25) is 0 Å². The molecule has 2 aromatic heterocycles. The Morgan fingerprint density at radius 2 is 2.00 bits per heavy atom. The van der Waals surface area contributed by atoms with Crippen LogP contribution in [0.2, 0.25) is 5.02 Å². The van der Waals surface area contributed by atoms with Crippen molar-refractivity contribution in [3.63, 3.8) is 0 Å².